The maximum Gasteiger partial charge on any atom is 0.309 e. The Labute approximate surface area is 124 Å². The highest BCUT2D eigenvalue weighted by Gasteiger charge is 2.33. The molecule has 5 nitrogen and oxygen atoms in total. The quantitative estimate of drug-likeness (QED) is 0.777. The van der Waals surface area contributed by atoms with Gasteiger partial charge in [-0.2, -0.15) is 0 Å². The van der Waals surface area contributed by atoms with E-state index in [2.05, 4.69) is 5.32 Å². The van der Waals surface area contributed by atoms with Crippen molar-refractivity contribution in [2.45, 2.75) is 32.3 Å². The molecule has 1 saturated carbocycles. The summed E-state index contributed by atoms with van der Waals surface area (Å²) in [6, 6.07) is 7.69. The van der Waals surface area contributed by atoms with Crippen LogP contribution in [0, 0.1) is 5.92 Å². The second-order valence-corrected chi connectivity index (χ2v) is 5.24. The third-order valence-electron chi connectivity index (χ3n) is 3.44. The summed E-state index contributed by atoms with van der Waals surface area (Å²) in [7, 11) is 1.62. The first-order chi connectivity index (χ1) is 10.1. The molecule has 2 rings (SSSR count). The third-order valence-corrected chi connectivity index (χ3v) is 3.44. The number of amides is 1. The minimum absolute atomic E-state index is 0.0135. The molecule has 0 bridgehead atoms. The molecule has 1 N–H and O–H groups in total. The first-order valence-corrected chi connectivity index (χ1v) is 7.21. The summed E-state index contributed by atoms with van der Waals surface area (Å²) in [6.45, 7) is 2.11. The number of ether oxygens (including phenoxy) is 2. The third kappa shape index (κ3) is 4.77. The zero-order valence-electron chi connectivity index (χ0n) is 12.4. The van der Waals surface area contributed by atoms with Crippen LogP contribution in [0.1, 0.15) is 25.3 Å². The molecule has 0 radical (unpaired) electrons. The second kappa shape index (κ2) is 7.11. The second-order valence-electron chi connectivity index (χ2n) is 5.24. The number of hydrogen-bond acceptors (Lipinski definition) is 4. The number of rotatable bonds is 7. The van der Waals surface area contributed by atoms with Crippen molar-refractivity contribution in [3.8, 4) is 5.75 Å². The van der Waals surface area contributed by atoms with Crippen LogP contribution in [0.25, 0.3) is 0 Å². The zero-order valence-corrected chi connectivity index (χ0v) is 12.4. The lowest BCUT2D eigenvalue weighted by atomic mass is 10.1. The average molecular weight is 291 g/mol. The lowest BCUT2D eigenvalue weighted by Gasteiger charge is -2.13. The number of methoxy groups -OCH3 is 1. The monoisotopic (exact) mass is 291 g/mol. The predicted molar refractivity (Wildman–Crippen MR) is 78.0 cm³/mol. The van der Waals surface area contributed by atoms with Crippen molar-refractivity contribution in [3.63, 3.8) is 0 Å². The first kappa shape index (κ1) is 15.4. The molecule has 1 amide bonds. The van der Waals surface area contributed by atoms with Gasteiger partial charge in [0.25, 0.3) is 5.91 Å². The highest BCUT2D eigenvalue weighted by molar-refractivity contribution is 5.84. The lowest BCUT2D eigenvalue weighted by Crippen LogP contribution is -2.37. The molecule has 1 aliphatic rings. The molecule has 1 aromatic carbocycles. The number of esters is 1. The van der Waals surface area contributed by atoms with Gasteiger partial charge in [-0.3, -0.25) is 9.59 Å². The van der Waals surface area contributed by atoms with E-state index in [9.17, 15) is 9.59 Å². The molecule has 1 aromatic rings. The van der Waals surface area contributed by atoms with Crippen LogP contribution in [0.3, 0.4) is 0 Å². The number of benzene rings is 1. The standard InChI is InChI=1S/C16H21NO4/c1-11(21-16(19)13-5-6-13)15(18)17-10-9-12-3-7-14(20-2)8-4-12/h3-4,7-8,11,13H,5-6,9-10H2,1-2H3,(H,17,18)/t11-/m0/s1. The molecule has 0 heterocycles. The lowest BCUT2D eigenvalue weighted by molar-refractivity contribution is -0.156. The van der Waals surface area contributed by atoms with E-state index in [-0.39, 0.29) is 17.8 Å². The fourth-order valence-corrected chi connectivity index (χ4v) is 1.91. The molecule has 1 fully saturated rings. The van der Waals surface area contributed by atoms with E-state index in [0.29, 0.717) is 6.54 Å². The van der Waals surface area contributed by atoms with E-state index in [1.165, 1.54) is 0 Å². The van der Waals surface area contributed by atoms with Gasteiger partial charge in [-0.15, -0.1) is 0 Å². The van der Waals surface area contributed by atoms with Crippen LogP contribution in [0.5, 0.6) is 5.75 Å². The molecule has 0 aliphatic heterocycles. The van der Waals surface area contributed by atoms with Crippen LogP contribution in [-0.4, -0.2) is 31.6 Å². The molecule has 0 aromatic heterocycles. The van der Waals surface area contributed by atoms with Gasteiger partial charge in [-0.1, -0.05) is 12.1 Å². The normalized spacial score (nSPS) is 15.1. The average Bonchev–Trinajstić information content (AvgIpc) is 3.32. The maximum atomic E-state index is 11.8. The predicted octanol–water partition coefficient (Wildman–Crippen LogP) is 1.70. The number of carbonyl (C=O) groups excluding carboxylic acids is 2. The summed E-state index contributed by atoms with van der Waals surface area (Å²) in [4.78, 5) is 23.3. The van der Waals surface area contributed by atoms with Crippen LogP contribution in [0.4, 0.5) is 0 Å². The largest absolute Gasteiger partial charge is 0.497 e. The first-order valence-electron chi connectivity index (χ1n) is 7.21. The number of hydrogen-bond donors (Lipinski definition) is 1. The summed E-state index contributed by atoms with van der Waals surface area (Å²) in [6.07, 6.45) is 1.75. The van der Waals surface area contributed by atoms with Crippen LogP contribution in [-0.2, 0) is 20.7 Å². The van der Waals surface area contributed by atoms with Gasteiger partial charge in [-0.05, 0) is 43.9 Å². The molecular weight excluding hydrogens is 270 g/mol. The van der Waals surface area contributed by atoms with Gasteiger partial charge in [0.05, 0.1) is 13.0 Å². The van der Waals surface area contributed by atoms with Gasteiger partial charge >= 0.3 is 5.97 Å². The van der Waals surface area contributed by atoms with Gasteiger partial charge < -0.3 is 14.8 Å². The van der Waals surface area contributed by atoms with E-state index in [1.54, 1.807) is 14.0 Å². The van der Waals surface area contributed by atoms with E-state index >= 15 is 0 Å². The van der Waals surface area contributed by atoms with Crippen LogP contribution in [0.15, 0.2) is 24.3 Å². The molecule has 1 aliphatic carbocycles. The van der Waals surface area contributed by atoms with Crippen LogP contribution < -0.4 is 10.1 Å². The van der Waals surface area contributed by atoms with Crippen molar-refractivity contribution in [2.24, 2.45) is 5.92 Å². The highest BCUT2D eigenvalue weighted by atomic mass is 16.5. The van der Waals surface area contributed by atoms with E-state index in [1.807, 2.05) is 24.3 Å². The number of carbonyl (C=O) groups is 2. The highest BCUT2D eigenvalue weighted by Crippen LogP contribution is 2.30. The van der Waals surface area contributed by atoms with Crippen molar-refractivity contribution in [3.05, 3.63) is 29.8 Å². The minimum atomic E-state index is -0.728. The van der Waals surface area contributed by atoms with Crippen molar-refractivity contribution in [1.82, 2.24) is 5.32 Å². The fraction of sp³-hybridized carbons (Fsp3) is 0.500. The Morgan fingerprint density at radius 3 is 2.52 bits per heavy atom. The Morgan fingerprint density at radius 1 is 1.29 bits per heavy atom. The Kier molecular flexibility index (Phi) is 5.20. The maximum absolute atomic E-state index is 11.8. The molecule has 114 valence electrons. The van der Waals surface area contributed by atoms with Crippen molar-refractivity contribution < 1.29 is 19.1 Å². The Balaban J connectivity index is 1.68. The molecular formula is C16H21NO4. The summed E-state index contributed by atoms with van der Waals surface area (Å²) in [5.41, 5.74) is 1.11. The number of nitrogens with one attached hydrogen (secondary N) is 1. The summed E-state index contributed by atoms with van der Waals surface area (Å²) in [5.74, 6) is 0.313. The fourth-order valence-electron chi connectivity index (χ4n) is 1.91. The van der Waals surface area contributed by atoms with Crippen LogP contribution >= 0.6 is 0 Å². The molecule has 0 saturated heterocycles. The summed E-state index contributed by atoms with van der Waals surface area (Å²) in [5, 5.41) is 2.78. The molecule has 0 unspecified atom stereocenters. The van der Waals surface area contributed by atoms with Crippen molar-refractivity contribution in [2.75, 3.05) is 13.7 Å². The minimum Gasteiger partial charge on any atom is -0.497 e. The SMILES string of the molecule is COc1ccc(CCNC(=O)[C@H](C)OC(=O)C2CC2)cc1. The van der Waals surface area contributed by atoms with E-state index < -0.39 is 6.10 Å². The van der Waals surface area contributed by atoms with Gasteiger partial charge in [0.15, 0.2) is 6.10 Å². The molecule has 5 heteroatoms. The van der Waals surface area contributed by atoms with E-state index in [0.717, 1.165) is 30.6 Å². The van der Waals surface area contributed by atoms with Gasteiger partial charge in [0.1, 0.15) is 5.75 Å². The van der Waals surface area contributed by atoms with Gasteiger partial charge in [-0.25, -0.2) is 0 Å². The Hall–Kier alpha value is -2.04. The van der Waals surface area contributed by atoms with Gasteiger partial charge in [0.2, 0.25) is 0 Å². The zero-order chi connectivity index (χ0) is 15.2. The Bertz CT molecular complexity index is 494. The van der Waals surface area contributed by atoms with Crippen molar-refractivity contribution in [1.29, 1.82) is 0 Å². The van der Waals surface area contributed by atoms with Crippen LogP contribution in [0.2, 0.25) is 0 Å². The molecule has 21 heavy (non-hydrogen) atoms. The smallest absolute Gasteiger partial charge is 0.309 e. The molecule has 1 atom stereocenters. The van der Waals surface area contributed by atoms with Gasteiger partial charge in [0, 0.05) is 6.54 Å². The topological polar surface area (TPSA) is 64.6 Å². The summed E-state index contributed by atoms with van der Waals surface area (Å²) >= 11 is 0. The van der Waals surface area contributed by atoms with E-state index in [4.69, 9.17) is 9.47 Å². The summed E-state index contributed by atoms with van der Waals surface area (Å²) < 4.78 is 10.2. The molecule has 0 spiro atoms. The van der Waals surface area contributed by atoms with Crippen molar-refractivity contribution >= 4 is 11.9 Å². The Morgan fingerprint density at radius 2 is 1.95 bits per heavy atom.